The van der Waals surface area contributed by atoms with E-state index in [1.165, 1.54) is 0 Å². The highest BCUT2D eigenvalue weighted by Crippen LogP contribution is 2.29. The van der Waals surface area contributed by atoms with Crippen molar-refractivity contribution in [3.8, 4) is 0 Å². The molecule has 0 bridgehead atoms. The summed E-state index contributed by atoms with van der Waals surface area (Å²) < 4.78 is 25.8. The van der Waals surface area contributed by atoms with E-state index in [0.717, 1.165) is 24.8 Å². The predicted molar refractivity (Wildman–Crippen MR) is 88.7 cm³/mol. The van der Waals surface area contributed by atoms with Crippen molar-refractivity contribution in [2.24, 2.45) is 0 Å². The van der Waals surface area contributed by atoms with Gasteiger partial charge in [0, 0.05) is 6.04 Å². The van der Waals surface area contributed by atoms with Gasteiger partial charge in [-0.05, 0) is 51.8 Å². The third kappa shape index (κ3) is 4.31. The van der Waals surface area contributed by atoms with Crippen LogP contribution in [0, 0.1) is 6.92 Å². The first kappa shape index (κ1) is 17.4. The summed E-state index contributed by atoms with van der Waals surface area (Å²) >= 11 is 0. The van der Waals surface area contributed by atoms with Crippen LogP contribution in [0.2, 0.25) is 0 Å². The highest BCUT2D eigenvalue weighted by molar-refractivity contribution is 7.92. The van der Waals surface area contributed by atoms with Crippen LogP contribution in [0.3, 0.4) is 0 Å². The Labute approximate surface area is 133 Å². The van der Waals surface area contributed by atoms with Gasteiger partial charge in [0.15, 0.2) is 9.84 Å². The van der Waals surface area contributed by atoms with Crippen molar-refractivity contribution in [2.45, 2.75) is 68.2 Å². The Morgan fingerprint density at radius 3 is 2.50 bits per heavy atom. The average Bonchev–Trinajstić information content (AvgIpc) is 2.48. The third-order valence-electron chi connectivity index (χ3n) is 4.42. The van der Waals surface area contributed by atoms with Gasteiger partial charge in [-0.15, -0.1) is 0 Å². The maximum atomic E-state index is 12.9. The van der Waals surface area contributed by atoms with Gasteiger partial charge in [-0.25, -0.2) is 8.42 Å². The van der Waals surface area contributed by atoms with E-state index in [2.05, 4.69) is 5.32 Å². The molecule has 3 unspecified atom stereocenters. The first-order valence-electron chi connectivity index (χ1n) is 8.13. The zero-order valence-electron chi connectivity index (χ0n) is 13.5. The Kier molecular flexibility index (Phi) is 6.01. The van der Waals surface area contributed by atoms with Crippen molar-refractivity contribution in [3.05, 3.63) is 29.8 Å². The van der Waals surface area contributed by atoms with Gasteiger partial charge >= 0.3 is 0 Å². The fourth-order valence-corrected chi connectivity index (χ4v) is 5.09. The second kappa shape index (κ2) is 7.57. The molecule has 1 aliphatic carbocycles. The van der Waals surface area contributed by atoms with Crippen molar-refractivity contribution < 1.29 is 13.5 Å². The molecule has 0 aliphatic heterocycles. The molecule has 3 atom stereocenters. The van der Waals surface area contributed by atoms with Crippen molar-refractivity contribution in [2.75, 3.05) is 6.54 Å². The first-order chi connectivity index (χ1) is 10.4. The second-order valence-corrected chi connectivity index (χ2v) is 8.55. The maximum Gasteiger partial charge on any atom is 0.182 e. The maximum absolute atomic E-state index is 12.9. The van der Waals surface area contributed by atoms with Crippen molar-refractivity contribution in [3.63, 3.8) is 0 Å². The lowest BCUT2D eigenvalue weighted by Crippen LogP contribution is -2.46. The molecule has 1 aromatic carbocycles. The predicted octanol–water partition coefficient (Wildman–Crippen LogP) is 2.44. The number of rotatable bonds is 6. The van der Waals surface area contributed by atoms with E-state index in [0.29, 0.717) is 24.3 Å². The molecule has 1 aliphatic rings. The van der Waals surface area contributed by atoms with Crippen LogP contribution in [0.4, 0.5) is 0 Å². The summed E-state index contributed by atoms with van der Waals surface area (Å²) in [5, 5.41) is 12.3. The zero-order valence-corrected chi connectivity index (χ0v) is 14.3. The Bertz CT molecular complexity index is 566. The van der Waals surface area contributed by atoms with Crippen molar-refractivity contribution in [1.82, 2.24) is 5.32 Å². The lowest BCUT2D eigenvalue weighted by molar-refractivity contribution is 0.181. The second-order valence-electron chi connectivity index (χ2n) is 6.38. The monoisotopic (exact) mass is 325 g/mol. The number of benzene rings is 1. The summed E-state index contributed by atoms with van der Waals surface area (Å²) in [7, 11) is -3.30. The van der Waals surface area contributed by atoms with E-state index in [1.54, 1.807) is 19.1 Å². The van der Waals surface area contributed by atoms with Crippen LogP contribution in [-0.4, -0.2) is 37.5 Å². The molecule has 2 rings (SSSR count). The molecule has 0 radical (unpaired) electrons. The molecule has 0 aromatic heterocycles. The normalized spacial score (nSPS) is 24.1. The summed E-state index contributed by atoms with van der Waals surface area (Å²) in [6.45, 7) is 4.36. The van der Waals surface area contributed by atoms with Crippen LogP contribution < -0.4 is 5.32 Å². The van der Waals surface area contributed by atoms with E-state index in [9.17, 15) is 13.5 Å². The topological polar surface area (TPSA) is 66.4 Å². The Hall–Kier alpha value is -0.910. The number of aliphatic hydroxyl groups excluding tert-OH is 1. The first-order valence-corrected chi connectivity index (χ1v) is 9.68. The summed E-state index contributed by atoms with van der Waals surface area (Å²) in [5.74, 6) is 0. The van der Waals surface area contributed by atoms with Gasteiger partial charge in [-0.3, -0.25) is 0 Å². The molecule has 1 saturated carbocycles. The molecular weight excluding hydrogens is 298 g/mol. The summed E-state index contributed by atoms with van der Waals surface area (Å²) in [6, 6.07) is 7.12. The molecule has 124 valence electrons. The number of nitrogens with one attached hydrogen (secondary N) is 1. The number of aryl methyl sites for hydroxylation is 1. The van der Waals surface area contributed by atoms with Crippen LogP contribution in [0.25, 0.3) is 0 Å². The van der Waals surface area contributed by atoms with Crippen LogP contribution in [0.1, 0.15) is 44.6 Å². The van der Waals surface area contributed by atoms with Crippen molar-refractivity contribution >= 4 is 9.84 Å². The fraction of sp³-hybridized carbons (Fsp3) is 0.647. The van der Waals surface area contributed by atoms with Crippen molar-refractivity contribution in [1.29, 1.82) is 0 Å². The van der Waals surface area contributed by atoms with Gasteiger partial charge in [0.05, 0.1) is 16.2 Å². The summed E-state index contributed by atoms with van der Waals surface area (Å²) in [6.07, 6.45) is 3.91. The standard InChI is InChI=1S/C17H27NO3S/c1-13-7-9-15(10-8-13)22(20,21)17-6-4-3-5-16(17)18-12-11-14(2)19/h7-10,14,16-19H,3-6,11-12H2,1-2H3. The molecule has 2 N–H and O–H groups in total. The largest absolute Gasteiger partial charge is 0.393 e. The highest BCUT2D eigenvalue weighted by atomic mass is 32.2. The van der Waals surface area contributed by atoms with Crippen LogP contribution in [-0.2, 0) is 9.84 Å². The molecule has 22 heavy (non-hydrogen) atoms. The molecule has 4 nitrogen and oxygen atoms in total. The molecule has 0 heterocycles. The number of aliphatic hydroxyl groups is 1. The SMILES string of the molecule is Cc1ccc(S(=O)(=O)C2CCCCC2NCCC(C)O)cc1. The molecule has 1 fully saturated rings. The minimum atomic E-state index is -3.30. The number of sulfone groups is 1. The van der Waals surface area contributed by atoms with Gasteiger partial charge in [0.25, 0.3) is 0 Å². The molecule has 0 amide bonds. The van der Waals surface area contributed by atoms with Gasteiger partial charge in [-0.2, -0.15) is 0 Å². The van der Waals surface area contributed by atoms with Crippen LogP contribution in [0.15, 0.2) is 29.2 Å². The van der Waals surface area contributed by atoms with Crippen LogP contribution in [0.5, 0.6) is 0 Å². The Morgan fingerprint density at radius 1 is 1.23 bits per heavy atom. The van der Waals surface area contributed by atoms with Gasteiger partial charge < -0.3 is 10.4 Å². The number of hydrogen-bond acceptors (Lipinski definition) is 4. The molecule has 1 aromatic rings. The van der Waals surface area contributed by atoms with E-state index < -0.39 is 9.84 Å². The lowest BCUT2D eigenvalue weighted by atomic mass is 9.95. The van der Waals surface area contributed by atoms with E-state index in [1.807, 2.05) is 19.1 Å². The minimum absolute atomic E-state index is 0.0150. The van der Waals surface area contributed by atoms with Gasteiger partial charge in [0.2, 0.25) is 0 Å². The minimum Gasteiger partial charge on any atom is -0.393 e. The quantitative estimate of drug-likeness (QED) is 0.843. The zero-order chi connectivity index (χ0) is 16.2. The fourth-order valence-electron chi connectivity index (χ4n) is 3.08. The molecular formula is C17H27NO3S. The molecule has 0 saturated heterocycles. The summed E-state index contributed by atoms with van der Waals surface area (Å²) in [5.41, 5.74) is 1.06. The van der Waals surface area contributed by atoms with E-state index >= 15 is 0 Å². The molecule has 0 spiro atoms. The Balaban J connectivity index is 2.13. The average molecular weight is 325 g/mol. The van der Waals surface area contributed by atoms with E-state index in [-0.39, 0.29) is 17.4 Å². The van der Waals surface area contributed by atoms with E-state index in [4.69, 9.17) is 0 Å². The molecule has 5 heteroatoms. The lowest BCUT2D eigenvalue weighted by Gasteiger charge is -2.32. The highest BCUT2D eigenvalue weighted by Gasteiger charge is 2.36. The van der Waals surface area contributed by atoms with Crippen LogP contribution >= 0.6 is 0 Å². The summed E-state index contributed by atoms with van der Waals surface area (Å²) in [4.78, 5) is 0.423. The Morgan fingerprint density at radius 2 is 1.86 bits per heavy atom. The van der Waals surface area contributed by atoms with Gasteiger partial charge in [0.1, 0.15) is 0 Å². The third-order valence-corrected chi connectivity index (χ3v) is 6.71. The van der Waals surface area contributed by atoms with Gasteiger partial charge in [-0.1, -0.05) is 30.5 Å². The number of hydrogen-bond donors (Lipinski definition) is 2. The smallest absolute Gasteiger partial charge is 0.182 e.